The molecule has 1 saturated heterocycles. The molecule has 1 aliphatic carbocycles. The molecule has 0 spiro atoms. The van der Waals surface area contributed by atoms with Crippen LogP contribution in [0.3, 0.4) is 0 Å². The molecule has 3 heterocycles. The van der Waals surface area contributed by atoms with Gasteiger partial charge in [-0.25, -0.2) is 9.97 Å². The summed E-state index contributed by atoms with van der Waals surface area (Å²) in [6.07, 6.45) is 10.6. The van der Waals surface area contributed by atoms with Crippen molar-refractivity contribution >= 4 is 11.3 Å². The first-order chi connectivity index (χ1) is 11.8. The standard InChI is InChI=1S/C18H24N4OS/c23-18-5-8-19-13-22(18)11-14-6-9-21(10-7-14)12-17-20-15-3-1-2-4-16(15)24-17/h5,8,13-14H,1-4,6-7,9-12H2. The molecule has 0 saturated carbocycles. The highest BCUT2D eigenvalue weighted by molar-refractivity contribution is 7.11. The first-order valence-electron chi connectivity index (χ1n) is 8.98. The van der Waals surface area contributed by atoms with Gasteiger partial charge in [-0.3, -0.25) is 14.3 Å². The highest BCUT2D eigenvalue weighted by atomic mass is 32.1. The molecule has 24 heavy (non-hydrogen) atoms. The average molecular weight is 344 g/mol. The Morgan fingerprint density at radius 2 is 2.04 bits per heavy atom. The van der Waals surface area contributed by atoms with Crippen molar-refractivity contribution < 1.29 is 0 Å². The molecule has 2 aromatic heterocycles. The molecule has 0 amide bonds. The fourth-order valence-corrected chi connectivity index (χ4v) is 4.98. The molecule has 6 heteroatoms. The second kappa shape index (κ2) is 7.15. The number of piperidine rings is 1. The van der Waals surface area contributed by atoms with E-state index in [0.29, 0.717) is 5.92 Å². The first-order valence-corrected chi connectivity index (χ1v) is 9.80. The fourth-order valence-electron chi connectivity index (χ4n) is 3.79. The van der Waals surface area contributed by atoms with Crippen LogP contribution < -0.4 is 5.56 Å². The van der Waals surface area contributed by atoms with Crippen LogP contribution >= 0.6 is 11.3 Å². The van der Waals surface area contributed by atoms with Gasteiger partial charge in [0.1, 0.15) is 5.01 Å². The minimum atomic E-state index is 0.0563. The molecular weight excluding hydrogens is 320 g/mol. The summed E-state index contributed by atoms with van der Waals surface area (Å²) in [5, 5.41) is 1.30. The van der Waals surface area contributed by atoms with Crippen molar-refractivity contribution in [1.82, 2.24) is 19.4 Å². The third-order valence-electron chi connectivity index (χ3n) is 5.20. The number of rotatable bonds is 4. The van der Waals surface area contributed by atoms with Gasteiger partial charge in [0, 0.05) is 23.7 Å². The normalized spacial score (nSPS) is 19.3. The third-order valence-corrected chi connectivity index (χ3v) is 6.35. The zero-order valence-electron chi connectivity index (χ0n) is 14.0. The summed E-state index contributed by atoms with van der Waals surface area (Å²) >= 11 is 1.93. The summed E-state index contributed by atoms with van der Waals surface area (Å²) in [6, 6.07) is 1.54. The van der Waals surface area contributed by atoms with Gasteiger partial charge in [0.2, 0.25) is 0 Å². The van der Waals surface area contributed by atoms with Crippen LogP contribution in [0, 0.1) is 5.92 Å². The number of nitrogens with zero attached hydrogens (tertiary/aromatic N) is 4. The number of hydrogen-bond donors (Lipinski definition) is 0. The maximum Gasteiger partial charge on any atom is 0.253 e. The molecule has 4 rings (SSSR count). The Morgan fingerprint density at radius 1 is 1.21 bits per heavy atom. The molecule has 0 atom stereocenters. The van der Waals surface area contributed by atoms with E-state index in [9.17, 15) is 4.79 Å². The van der Waals surface area contributed by atoms with Gasteiger partial charge in [-0.1, -0.05) is 0 Å². The lowest BCUT2D eigenvalue weighted by Crippen LogP contribution is -2.35. The van der Waals surface area contributed by atoms with Gasteiger partial charge in [-0.05, 0) is 57.5 Å². The van der Waals surface area contributed by atoms with Gasteiger partial charge < -0.3 is 0 Å². The van der Waals surface area contributed by atoms with Crippen LogP contribution in [0.25, 0.3) is 0 Å². The number of fused-ring (bicyclic) bond motifs is 1. The van der Waals surface area contributed by atoms with Crippen LogP contribution in [-0.4, -0.2) is 32.5 Å². The Kier molecular flexibility index (Phi) is 4.76. The van der Waals surface area contributed by atoms with Gasteiger partial charge in [-0.15, -0.1) is 11.3 Å². The summed E-state index contributed by atoms with van der Waals surface area (Å²) in [5.74, 6) is 0.577. The van der Waals surface area contributed by atoms with E-state index >= 15 is 0 Å². The Morgan fingerprint density at radius 3 is 2.83 bits per heavy atom. The quantitative estimate of drug-likeness (QED) is 0.855. The summed E-state index contributed by atoms with van der Waals surface area (Å²) < 4.78 is 1.75. The van der Waals surface area contributed by atoms with Crippen LogP contribution in [0.5, 0.6) is 0 Å². The number of likely N-dealkylation sites (tertiary alicyclic amines) is 1. The molecule has 0 bridgehead atoms. The molecule has 128 valence electrons. The maximum absolute atomic E-state index is 11.8. The Bertz CT molecular complexity index is 722. The van der Waals surface area contributed by atoms with E-state index in [1.54, 1.807) is 23.2 Å². The van der Waals surface area contributed by atoms with Crippen LogP contribution in [0.15, 0.2) is 23.4 Å². The first kappa shape index (κ1) is 16.0. The highest BCUT2D eigenvalue weighted by Crippen LogP contribution is 2.28. The Hall–Kier alpha value is -1.53. The lowest BCUT2D eigenvalue weighted by Gasteiger charge is -2.31. The zero-order chi connectivity index (χ0) is 16.4. The molecule has 0 aromatic carbocycles. The number of hydrogen-bond acceptors (Lipinski definition) is 5. The highest BCUT2D eigenvalue weighted by Gasteiger charge is 2.22. The number of thiazole rings is 1. The molecule has 0 radical (unpaired) electrons. The van der Waals surface area contributed by atoms with Crippen molar-refractivity contribution in [2.75, 3.05) is 13.1 Å². The van der Waals surface area contributed by atoms with E-state index in [1.165, 1.54) is 41.3 Å². The predicted octanol–water partition coefficient (Wildman–Crippen LogP) is 2.49. The Balaban J connectivity index is 1.31. The summed E-state index contributed by atoms with van der Waals surface area (Å²) in [4.78, 5) is 24.8. The van der Waals surface area contributed by atoms with E-state index < -0.39 is 0 Å². The van der Waals surface area contributed by atoms with Crippen LogP contribution in [0.2, 0.25) is 0 Å². The van der Waals surface area contributed by atoms with Gasteiger partial charge in [0.15, 0.2) is 0 Å². The van der Waals surface area contributed by atoms with E-state index in [-0.39, 0.29) is 5.56 Å². The van der Waals surface area contributed by atoms with E-state index in [2.05, 4.69) is 9.88 Å². The number of aryl methyl sites for hydroxylation is 2. The molecule has 5 nitrogen and oxygen atoms in total. The van der Waals surface area contributed by atoms with E-state index in [0.717, 1.165) is 39.0 Å². The second-order valence-electron chi connectivity index (χ2n) is 6.97. The fraction of sp³-hybridized carbons (Fsp3) is 0.611. The van der Waals surface area contributed by atoms with Crippen LogP contribution in [-0.2, 0) is 25.9 Å². The van der Waals surface area contributed by atoms with Gasteiger partial charge in [0.25, 0.3) is 5.56 Å². The molecule has 0 N–H and O–H groups in total. The monoisotopic (exact) mass is 344 g/mol. The maximum atomic E-state index is 11.8. The van der Waals surface area contributed by atoms with Crippen molar-refractivity contribution in [2.45, 2.75) is 51.6 Å². The molecule has 1 fully saturated rings. The van der Waals surface area contributed by atoms with Crippen LogP contribution in [0.4, 0.5) is 0 Å². The minimum Gasteiger partial charge on any atom is -0.299 e. The molecule has 1 aliphatic heterocycles. The van der Waals surface area contributed by atoms with Crippen molar-refractivity contribution in [3.05, 3.63) is 44.5 Å². The third kappa shape index (κ3) is 3.59. The van der Waals surface area contributed by atoms with Gasteiger partial charge in [0.05, 0.1) is 18.6 Å². The second-order valence-corrected chi connectivity index (χ2v) is 8.14. The lowest BCUT2D eigenvalue weighted by molar-refractivity contribution is 0.166. The van der Waals surface area contributed by atoms with Gasteiger partial charge >= 0.3 is 0 Å². The average Bonchev–Trinajstić information content (AvgIpc) is 3.01. The molecule has 2 aromatic rings. The topological polar surface area (TPSA) is 51.0 Å². The minimum absolute atomic E-state index is 0.0563. The van der Waals surface area contributed by atoms with Crippen molar-refractivity contribution in [3.63, 3.8) is 0 Å². The van der Waals surface area contributed by atoms with Crippen molar-refractivity contribution in [1.29, 1.82) is 0 Å². The van der Waals surface area contributed by atoms with Crippen LogP contribution in [0.1, 0.15) is 41.3 Å². The summed E-state index contributed by atoms with van der Waals surface area (Å²) in [7, 11) is 0. The molecule has 2 aliphatic rings. The summed E-state index contributed by atoms with van der Waals surface area (Å²) in [6.45, 7) is 4.00. The largest absolute Gasteiger partial charge is 0.299 e. The molecule has 0 unspecified atom stereocenters. The van der Waals surface area contributed by atoms with Crippen molar-refractivity contribution in [3.8, 4) is 0 Å². The predicted molar refractivity (Wildman–Crippen MR) is 95.3 cm³/mol. The summed E-state index contributed by atoms with van der Waals surface area (Å²) in [5.41, 5.74) is 1.42. The number of aromatic nitrogens is 3. The van der Waals surface area contributed by atoms with E-state index in [1.807, 2.05) is 11.3 Å². The lowest BCUT2D eigenvalue weighted by atomic mass is 9.97. The van der Waals surface area contributed by atoms with E-state index in [4.69, 9.17) is 4.98 Å². The Labute approximate surface area is 146 Å². The zero-order valence-corrected chi connectivity index (χ0v) is 14.8. The SMILES string of the molecule is O=c1ccncn1CC1CCN(Cc2nc3c(s2)CCCC3)CC1. The smallest absolute Gasteiger partial charge is 0.253 e. The molecular formula is C18H24N4OS. The van der Waals surface area contributed by atoms with Crippen molar-refractivity contribution in [2.24, 2.45) is 5.92 Å². The van der Waals surface area contributed by atoms with Gasteiger partial charge in [-0.2, -0.15) is 0 Å².